The second-order valence-electron chi connectivity index (χ2n) is 8.04. The lowest BCUT2D eigenvalue weighted by molar-refractivity contribution is -0.870. The zero-order valence-corrected chi connectivity index (χ0v) is 19.0. The highest BCUT2D eigenvalue weighted by atomic mass is 79.9. The molecule has 1 nitrogen and oxygen atoms in total. The fraction of sp³-hybridized carbons (Fsp3) is 1.00. The van der Waals surface area contributed by atoms with Crippen LogP contribution in [0, 0.1) is 0 Å². The molecular formula is C20H42BrF4N. The smallest absolute Gasteiger partial charge is 0.559 e. The van der Waals surface area contributed by atoms with Gasteiger partial charge in [-0.15, -0.1) is 17.6 Å². The van der Waals surface area contributed by atoms with Crippen molar-refractivity contribution in [3.05, 3.63) is 0 Å². The summed E-state index contributed by atoms with van der Waals surface area (Å²) in [5, 5.41) is 0. The monoisotopic (exact) mass is 451 g/mol. The Morgan fingerprint density at radius 3 is 1.00 bits per heavy atom. The molecule has 0 aliphatic carbocycles. The quantitative estimate of drug-likeness (QED) is 0.193. The van der Waals surface area contributed by atoms with Crippen LogP contribution in [0.15, 0.2) is 0 Å². The van der Waals surface area contributed by atoms with Crippen molar-refractivity contribution in [2.45, 2.75) is 103 Å². The summed E-state index contributed by atoms with van der Waals surface area (Å²) in [7, 11) is 6.88. The number of halogens is 5. The van der Waals surface area contributed by atoms with E-state index in [-0.39, 0.29) is 17.0 Å². The van der Waals surface area contributed by atoms with Gasteiger partial charge < -0.3 is 21.5 Å². The molecule has 162 valence electrons. The summed E-state index contributed by atoms with van der Waals surface area (Å²) in [6.07, 6.45) is 14.9. The lowest BCUT2D eigenvalue weighted by Gasteiger charge is -2.23. The van der Waals surface area contributed by atoms with Gasteiger partial charge in [-0.3, -0.25) is 0 Å². The molecule has 0 aliphatic heterocycles. The molecule has 0 aliphatic rings. The number of alkyl halides is 4. The molecule has 0 atom stereocenters. The predicted molar refractivity (Wildman–Crippen MR) is 100 cm³/mol. The summed E-state index contributed by atoms with van der Waals surface area (Å²) < 4.78 is 39.9. The van der Waals surface area contributed by atoms with E-state index < -0.39 is 6.43 Å². The first kappa shape index (κ1) is 30.9. The highest BCUT2D eigenvalue weighted by molar-refractivity contribution is 4.49. The third-order valence-electron chi connectivity index (χ3n) is 4.18. The summed E-state index contributed by atoms with van der Waals surface area (Å²) in [6, 6.07) is 0. The van der Waals surface area contributed by atoms with Crippen molar-refractivity contribution in [3.63, 3.8) is 0 Å². The van der Waals surface area contributed by atoms with E-state index in [1.807, 2.05) is 0 Å². The first-order chi connectivity index (χ1) is 11.6. The van der Waals surface area contributed by atoms with Crippen molar-refractivity contribution in [1.82, 2.24) is 0 Å². The van der Waals surface area contributed by atoms with Crippen LogP contribution in [-0.2, 0) is 0 Å². The van der Waals surface area contributed by atoms with Crippen molar-refractivity contribution in [2.24, 2.45) is 0 Å². The Hall–Kier alpha value is 0.160. The van der Waals surface area contributed by atoms with Gasteiger partial charge in [0.25, 0.3) is 0 Å². The molecule has 0 bridgehead atoms. The molecule has 0 fully saturated rings. The van der Waals surface area contributed by atoms with E-state index in [0.717, 1.165) is 4.48 Å². The zero-order chi connectivity index (χ0) is 19.6. The first-order valence-electron chi connectivity index (χ1n) is 10.1. The summed E-state index contributed by atoms with van der Waals surface area (Å²) in [4.78, 5) is 0. The Kier molecular flexibility index (Phi) is 23.6. The van der Waals surface area contributed by atoms with Gasteiger partial charge in [0.1, 0.15) is 0 Å². The number of hydrogen-bond donors (Lipinski definition) is 0. The maximum absolute atomic E-state index is 9.69. The predicted octanol–water partition coefficient (Wildman–Crippen LogP) is 4.65. The van der Waals surface area contributed by atoms with Gasteiger partial charge in [-0.05, 0) is 12.8 Å². The summed E-state index contributed by atoms with van der Waals surface area (Å²) in [6.45, 7) is 3.63. The molecule has 6 heteroatoms. The van der Waals surface area contributed by atoms with Crippen LogP contribution in [0.4, 0.5) is 17.6 Å². The lowest BCUT2D eigenvalue weighted by Crippen LogP contribution is -3.00. The van der Waals surface area contributed by atoms with Gasteiger partial charge in [0, 0.05) is 0 Å². The summed E-state index contributed by atoms with van der Waals surface area (Å²) >= 11 is 0. The molecule has 0 rings (SSSR count). The molecule has 0 radical (unpaired) electrons. The van der Waals surface area contributed by atoms with Crippen LogP contribution >= 0.6 is 0 Å². The second kappa shape index (κ2) is 19.9. The van der Waals surface area contributed by atoms with Crippen molar-refractivity contribution in [1.29, 1.82) is 0 Å². The highest BCUT2D eigenvalue weighted by Gasteiger charge is 2.24. The average Bonchev–Trinajstić information content (AvgIpc) is 2.45. The van der Waals surface area contributed by atoms with Crippen LogP contribution in [0.3, 0.4) is 0 Å². The van der Waals surface area contributed by atoms with E-state index in [9.17, 15) is 17.6 Å². The van der Waals surface area contributed by atoms with Gasteiger partial charge in [0.2, 0.25) is 0 Å². The molecule has 0 saturated carbocycles. The van der Waals surface area contributed by atoms with Crippen molar-refractivity contribution < 1.29 is 39.0 Å². The molecule has 0 heterocycles. The molecule has 0 aromatic carbocycles. The van der Waals surface area contributed by atoms with E-state index in [0.29, 0.717) is 0 Å². The third-order valence-corrected chi connectivity index (χ3v) is 4.18. The average molecular weight is 452 g/mol. The SMILES string of the molecule is CCCCCCCCCCCCCCCC[N+](C)(C)C.FC(F)(F)F.[Br-]. The highest BCUT2D eigenvalue weighted by Crippen LogP contribution is 2.14. The molecule has 0 aromatic heterocycles. The first-order valence-corrected chi connectivity index (χ1v) is 10.1. The minimum Gasteiger partial charge on any atom is -1.00 e. The normalized spacial score (nSPS) is 11.5. The molecule has 0 spiro atoms. The molecule has 0 aromatic rings. The topological polar surface area (TPSA) is 0 Å². The Bertz CT molecular complexity index is 260. The third kappa shape index (κ3) is 44.0. The number of unbranched alkanes of at least 4 members (excludes halogenated alkanes) is 13. The molecule has 0 N–H and O–H groups in total. The van der Waals surface area contributed by atoms with Crippen molar-refractivity contribution >= 4 is 0 Å². The Morgan fingerprint density at radius 1 is 0.538 bits per heavy atom. The fourth-order valence-corrected chi connectivity index (χ4v) is 2.78. The standard InChI is InChI=1S/C19H42N.CF4.BrH/c1-5-6-7-8-9-10-11-12-13-14-15-16-17-18-19-20(2,3)4;2-1(3,4)5;/h5-19H2,1-4H3;;1H/q+1;;/p-1. The summed E-state index contributed by atoms with van der Waals surface area (Å²) in [5.74, 6) is 0. The van der Waals surface area contributed by atoms with E-state index in [4.69, 9.17) is 0 Å². The lowest BCUT2D eigenvalue weighted by atomic mass is 10.0. The molecule has 26 heavy (non-hydrogen) atoms. The van der Waals surface area contributed by atoms with Gasteiger partial charge in [-0.2, -0.15) is 0 Å². The zero-order valence-electron chi connectivity index (χ0n) is 17.4. The Labute approximate surface area is 170 Å². The number of hydrogen-bond acceptors (Lipinski definition) is 0. The minimum atomic E-state index is -5.50. The molecule has 0 unspecified atom stereocenters. The van der Waals surface area contributed by atoms with Crippen LogP contribution in [0.1, 0.15) is 96.8 Å². The molecular weight excluding hydrogens is 410 g/mol. The van der Waals surface area contributed by atoms with E-state index >= 15 is 0 Å². The number of rotatable bonds is 15. The number of quaternary nitrogens is 1. The van der Waals surface area contributed by atoms with Crippen LogP contribution in [0.2, 0.25) is 0 Å². The van der Waals surface area contributed by atoms with Crippen molar-refractivity contribution in [2.75, 3.05) is 27.7 Å². The van der Waals surface area contributed by atoms with Crippen LogP contribution in [0.25, 0.3) is 0 Å². The van der Waals surface area contributed by atoms with E-state index in [1.54, 1.807) is 0 Å². The number of nitrogens with zero attached hydrogens (tertiary/aromatic N) is 1. The van der Waals surface area contributed by atoms with Crippen LogP contribution in [-0.4, -0.2) is 38.6 Å². The summed E-state index contributed by atoms with van der Waals surface area (Å²) in [5.41, 5.74) is 0. The largest absolute Gasteiger partial charge is 1.00 e. The van der Waals surface area contributed by atoms with Gasteiger partial charge in [-0.25, -0.2) is 0 Å². The second-order valence-corrected chi connectivity index (χ2v) is 8.04. The van der Waals surface area contributed by atoms with E-state index in [1.165, 1.54) is 96.4 Å². The molecule has 0 saturated heterocycles. The molecule has 0 amide bonds. The van der Waals surface area contributed by atoms with Gasteiger partial charge in [-0.1, -0.05) is 84.0 Å². The van der Waals surface area contributed by atoms with E-state index in [2.05, 4.69) is 28.1 Å². The van der Waals surface area contributed by atoms with Gasteiger partial charge in [0.15, 0.2) is 0 Å². The fourth-order valence-electron chi connectivity index (χ4n) is 2.78. The maximum Gasteiger partial charge on any atom is 0.559 e. The van der Waals surface area contributed by atoms with Crippen molar-refractivity contribution in [3.8, 4) is 0 Å². The van der Waals surface area contributed by atoms with Crippen LogP contribution < -0.4 is 17.0 Å². The van der Waals surface area contributed by atoms with Crippen LogP contribution in [0.5, 0.6) is 0 Å². The Balaban J connectivity index is -0.000000772. The van der Waals surface area contributed by atoms with Gasteiger partial charge >= 0.3 is 6.43 Å². The minimum absolute atomic E-state index is 0. The van der Waals surface area contributed by atoms with Gasteiger partial charge in [0.05, 0.1) is 27.7 Å². The maximum atomic E-state index is 9.69. The Morgan fingerprint density at radius 2 is 0.769 bits per heavy atom.